The van der Waals surface area contributed by atoms with Gasteiger partial charge >= 0.3 is 0 Å². The molecule has 0 radical (unpaired) electrons. The number of thiol groups is 1. The monoisotopic (exact) mass is 207 g/mol. The van der Waals surface area contributed by atoms with Crippen LogP contribution in [0.1, 0.15) is 18.1 Å². The van der Waals surface area contributed by atoms with Gasteiger partial charge in [-0.2, -0.15) is 0 Å². The summed E-state index contributed by atoms with van der Waals surface area (Å²) in [7, 11) is 0. The van der Waals surface area contributed by atoms with E-state index >= 15 is 0 Å². The first kappa shape index (κ1) is 9.59. The molecular formula is C11H13NOS. The molecular weight excluding hydrogens is 194 g/mol. The second-order valence-corrected chi connectivity index (χ2v) is 4.28. The predicted molar refractivity (Wildman–Crippen MR) is 58.7 cm³/mol. The Morgan fingerprint density at radius 3 is 2.86 bits per heavy atom. The molecule has 0 fully saturated rings. The third-order valence-corrected chi connectivity index (χ3v) is 2.81. The van der Waals surface area contributed by atoms with Crippen molar-refractivity contribution in [3.8, 4) is 0 Å². The topological polar surface area (TPSA) is 29.1 Å². The Bertz CT molecular complexity index is 376. The van der Waals surface area contributed by atoms with Gasteiger partial charge in [0.25, 0.3) is 0 Å². The fourth-order valence-corrected chi connectivity index (χ4v) is 2.22. The molecule has 1 N–H and O–H groups in total. The van der Waals surface area contributed by atoms with E-state index in [-0.39, 0.29) is 11.9 Å². The molecule has 0 heterocycles. The van der Waals surface area contributed by atoms with Crippen molar-refractivity contribution in [3.05, 3.63) is 29.3 Å². The summed E-state index contributed by atoms with van der Waals surface area (Å²) in [5.74, 6) is 0.0499. The molecule has 1 atom stereocenters. The van der Waals surface area contributed by atoms with Gasteiger partial charge in [0.15, 0.2) is 0 Å². The third-order valence-electron chi connectivity index (χ3n) is 2.53. The van der Waals surface area contributed by atoms with Gasteiger partial charge in [-0.15, -0.1) is 12.6 Å². The summed E-state index contributed by atoms with van der Waals surface area (Å²) in [4.78, 5) is 11.9. The SMILES string of the molecule is CC(=O)NC1Cc2ccc(S)cc2C1. The number of amides is 1. The molecule has 0 aromatic heterocycles. The third kappa shape index (κ3) is 1.93. The van der Waals surface area contributed by atoms with Crippen LogP contribution in [0.4, 0.5) is 0 Å². The number of hydrogen-bond acceptors (Lipinski definition) is 2. The van der Waals surface area contributed by atoms with Crippen LogP contribution in [0.2, 0.25) is 0 Å². The Labute approximate surface area is 89.1 Å². The summed E-state index contributed by atoms with van der Waals surface area (Å²) >= 11 is 4.30. The average Bonchev–Trinajstić information content (AvgIpc) is 2.44. The fourth-order valence-electron chi connectivity index (χ4n) is 1.99. The van der Waals surface area contributed by atoms with Gasteiger partial charge in [-0.1, -0.05) is 6.07 Å². The minimum atomic E-state index is 0.0499. The van der Waals surface area contributed by atoms with E-state index in [1.165, 1.54) is 11.1 Å². The molecule has 14 heavy (non-hydrogen) atoms. The van der Waals surface area contributed by atoms with Gasteiger partial charge in [0.1, 0.15) is 0 Å². The standard InChI is InChI=1S/C11H13NOS/c1-7(13)12-10-4-8-2-3-11(14)6-9(8)5-10/h2-3,6,10,14H,4-5H2,1H3,(H,12,13). The Hall–Kier alpha value is -0.960. The number of fused-ring (bicyclic) bond motifs is 1. The van der Waals surface area contributed by atoms with Crippen molar-refractivity contribution in [1.82, 2.24) is 5.32 Å². The van der Waals surface area contributed by atoms with Crippen molar-refractivity contribution in [1.29, 1.82) is 0 Å². The largest absolute Gasteiger partial charge is 0.353 e. The summed E-state index contributed by atoms with van der Waals surface area (Å²) in [6.45, 7) is 1.56. The van der Waals surface area contributed by atoms with Gasteiger partial charge in [-0.25, -0.2) is 0 Å². The highest BCUT2D eigenvalue weighted by atomic mass is 32.1. The Kier molecular flexibility index (Phi) is 2.50. The number of benzene rings is 1. The minimum absolute atomic E-state index is 0.0499. The zero-order valence-corrected chi connectivity index (χ0v) is 8.97. The number of rotatable bonds is 1. The molecule has 3 heteroatoms. The molecule has 0 saturated carbocycles. The highest BCUT2D eigenvalue weighted by Crippen LogP contribution is 2.24. The van der Waals surface area contributed by atoms with Crippen molar-refractivity contribution in [3.63, 3.8) is 0 Å². The summed E-state index contributed by atoms with van der Waals surface area (Å²) in [5.41, 5.74) is 2.65. The van der Waals surface area contributed by atoms with Gasteiger partial charge in [0.2, 0.25) is 5.91 Å². The van der Waals surface area contributed by atoms with E-state index in [2.05, 4.69) is 30.1 Å². The first-order chi connectivity index (χ1) is 6.65. The highest BCUT2D eigenvalue weighted by molar-refractivity contribution is 7.80. The zero-order chi connectivity index (χ0) is 10.1. The molecule has 0 saturated heterocycles. The number of carbonyl (C=O) groups excluding carboxylic acids is 1. The van der Waals surface area contributed by atoms with E-state index in [1.807, 2.05) is 6.07 Å². The van der Waals surface area contributed by atoms with E-state index in [4.69, 9.17) is 0 Å². The first-order valence-corrected chi connectivity index (χ1v) is 5.18. The second-order valence-electron chi connectivity index (χ2n) is 3.76. The van der Waals surface area contributed by atoms with Crippen molar-refractivity contribution in [2.24, 2.45) is 0 Å². The van der Waals surface area contributed by atoms with Crippen molar-refractivity contribution in [2.75, 3.05) is 0 Å². The van der Waals surface area contributed by atoms with Gasteiger partial charge in [0.05, 0.1) is 0 Å². The van der Waals surface area contributed by atoms with Crippen LogP contribution in [-0.4, -0.2) is 11.9 Å². The van der Waals surface area contributed by atoms with Crippen molar-refractivity contribution < 1.29 is 4.79 Å². The molecule has 1 aliphatic carbocycles. The van der Waals surface area contributed by atoms with Gasteiger partial charge in [-0.05, 0) is 36.1 Å². The van der Waals surface area contributed by atoms with E-state index in [1.54, 1.807) is 6.92 Å². The zero-order valence-electron chi connectivity index (χ0n) is 8.08. The number of nitrogens with one attached hydrogen (secondary N) is 1. The van der Waals surface area contributed by atoms with Crippen LogP contribution in [0, 0.1) is 0 Å². The predicted octanol–water partition coefficient (Wildman–Crippen LogP) is 1.58. The second kappa shape index (κ2) is 3.65. The Morgan fingerprint density at radius 1 is 1.43 bits per heavy atom. The van der Waals surface area contributed by atoms with E-state index in [0.29, 0.717) is 0 Å². The molecule has 1 unspecified atom stereocenters. The van der Waals surface area contributed by atoms with Gasteiger partial charge in [-0.3, -0.25) is 4.79 Å². The van der Waals surface area contributed by atoms with Crippen molar-refractivity contribution >= 4 is 18.5 Å². The average molecular weight is 207 g/mol. The van der Waals surface area contributed by atoms with Crippen LogP contribution < -0.4 is 5.32 Å². The smallest absolute Gasteiger partial charge is 0.217 e. The lowest BCUT2D eigenvalue weighted by Crippen LogP contribution is -2.33. The molecule has 2 rings (SSSR count). The molecule has 1 amide bonds. The quantitative estimate of drug-likeness (QED) is 0.673. The van der Waals surface area contributed by atoms with E-state index < -0.39 is 0 Å². The molecule has 1 aromatic rings. The minimum Gasteiger partial charge on any atom is -0.353 e. The highest BCUT2D eigenvalue weighted by Gasteiger charge is 2.21. The summed E-state index contributed by atoms with van der Waals surface area (Å²) < 4.78 is 0. The lowest BCUT2D eigenvalue weighted by atomic mass is 10.1. The van der Waals surface area contributed by atoms with Crippen LogP contribution in [0.25, 0.3) is 0 Å². The fraction of sp³-hybridized carbons (Fsp3) is 0.364. The normalized spacial score (nSPS) is 19.1. The van der Waals surface area contributed by atoms with Gasteiger partial charge < -0.3 is 5.32 Å². The van der Waals surface area contributed by atoms with Crippen LogP contribution >= 0.6 is 12.6 Å². The molecule has 74 valence electrons. The maximum absolute atomic E-state index is 10.9. The van der Waals surface area contributed by atoms with E-state index in [0.717, 1.165) is 17.7 Å². The summed E-state index contributed by atoms with van der Waals surface area (Å²) in [6.07, 6.45) is 1.88. The summed E-state index contributed by atoms with van der Waals surface area (Å²) in [5, 5.41) is 2.94. The lowest BCUT2D eigenvalue weighted by molar-refractivity contribution is -0.119. The molecule has 1 aliphatic rings. The van der Waals surface area contributed by atoms with Crippen LogP contribution in [-0.2, 0) is 17.6 Å². The van der Waals surface area contributed by atoms with Crippen LogP contribution in [0.15, 0.2) is 23.1 Å². The Balaban J connectivity index is 2.14. The lowest BCUT2D eigenvalue weighted by Gasteiger charge is -2.08. The number of hydrogen-bond donors (Lipinski definition) is 2. The molecule has 0 spiro atoms. The van der Waals surface area contributed by atoms with E-state index in [9.17, 15) is 4.79 Å². The molecule has 0 aliphatic heterocycles. The maximum Gasteiger partial charge on any atom is 0.217 e. The van der Waals surface area contributed by atoms with Crippen molar-refractivity contribution in [2.45, 2.75) is 30.7 Å². The maximum atomic E-state index is 10.9. The molecule has 1 aromatic carbocycles. The van der Waals surface area contributed by atoms with Crippen LogP contribution in [0.3, 0.4) is 0 Å². The number of carbonyl (C=O) groups is 1. The summed E-state index contributed by atoms with van der Waals surface area (Å²) in [6, 6.07) is 6.45. The van der Waals surface area contributed by atoms with Gasteiger partial charge in [0, 0.05) is 17.9 Å². The first-order valence-electron chi connectivity index (χ1n) is 4.73. The Morgan fingerprint density at radius 2 is 2.14 bits per heavy atom. The van der Waals surface area contributed by atoms with Crippen LogP contribution in [0.5, 0.6) is 0 Å². The molecule has 0 bridgehead atoms. The molecule has 2 nitrogen and oxygen atoms in total.